The third-order valence-corrected chi connectivity index (χ3v) is 3.82. The zero-order valence-electron chi connectivity index (χ0n) is 12.2. The monoisotopic (exact) mass is 346 g/mol. The molecule has 6 nitrogen and oxygen atoms in total. The quantitative estimate of drug-likeness (QED) is 0.619. The van der Waals surface area contributed by atoms with Gasteiger partial charge in [-0.25, -0.2) is 9.78 Å². The Morgan fingerprint density at radius 1 is 1.36 bits per heavy atom. The molecular formula is C14H16Cl2N2O4. The van der Waals surface area contributed by atoms with E-state index in [0.29, 0.717) is 13.1 Å². The van der Waals surface area contributed by atoms with E-state index in [2.05, 4.69) is 4.98 Å². The molecule has 1 aliphatic rings. The van der Waals surface area contributed by atoms with Gasteiger partial charge in [0.2, 0.25) is 0 Å². The molecule has 2 atom stereocenters. The van der Waals surface area contributed by atoms with Crippen molar-refractivity contribution in [3.63, 3.8) is 0 Å². The van der Waals surface area contributed by atoms with E-state index >= 15 is 0 Å². The van der Waals surface area contributed by atoms with E-state index in [1.54, 1.807) is 4.90 Å². The predicted octanol–water partition coefficient (Wildman–Crippen LogP) is 2.18. The lowest BCUT2D eigenvalue weighted by Gasteiger charge is -2.35. The number of esters is 1. The van der Waals surface area contributed by atoms with Crippen molar-refractivity contribution in [2.24, 2.45) is 0 Å². The first-order valence-corrected chi connectivity index (χ1v) is 7.53. The minimum atomic E-state index is -0.672. The van der Waals surface area contributed by atoms with Crippen LogP contribution in [0.1, 0.15) is 24.2 Å². The highest BCUT2D eigenvalue weighted by Crippen LogP contribution is 2.20. The summed E-state index contributed by atoms with van der Waals surface area (Å²) in [5.74, 6) is -0.933. The van der Waals surface area contributed by atoms with Gasteiger partial charge in [-0.1, -0.05) is 23.2 Å². The number of aromatic nitrogens is 1. The fourth-order valence-electron chi connectivity index (χ4n) is 2.22. The Balaban J connectivity index is 1.90. The Labute approximate surface area is 138 Å². The van der Waals surface area contributed by atoms with E-state index in [-0.39, 0.29) is 40.5 Å². The average molecular weight is 347 g/mol. The average Bonchev–Trinajstić information content (AvgIpc) is 2.46. The van der Waals surface area contributed by atoms with E-state index in [0.717, 1.165) is 0 Å². The molecule has 1 aliphatic heterocycles. The Hall–Kier alpha value is -1.37. The van der Waals surface area contributed by atoms with E-state index in [9.17, 15) is 9.59 Å². The Kier molecular flexibility index (Phi) is 5.61. The van der Waals surface area contributed by atoms with Gasteiger partial charge in [-0.05, 0) is 19.9 Å². The number of hydrogen-bond acceptors (Lipinski definition) is 5. The summed E-state index contributed by atoms with van der Waals surface area (Å²) in [6.07, 6.45) is 1.17. The molecule has 0 radical (unpaired) electrons. The van der Waals surface area contributed by atoms with Crippen molar-refractivity contribution in [1.82, 2.24) is 9.88 Å². The summed E-state index contributed by atoms with van der Waals surface area (Å²) in [5.41, 5.74) is 0.144. The van der Waals surface area contributed by atoms with Gasteiger partial charge in [0, 0.05) is 19.3 Å². The summed E-state index contributed by atoms with van der Waals surface area (Å²) in [6.45, 7) is 4.41. The van der Waals surface area contributed by atoms with Crippen LogP contribution in [0.5, 0.6) is 0 Å². The molecule has 8 heteroatoms. The molecule has 0 saturated carbocycles. The number of nitrogens with zero attached hydrogens (tertiary/aromatic N) is 2. The van der Waals surface area contributed by atoms with Gasteiger partial charge in [-0.3, -0.25) is 4.79 Å². The first-order valence-electron chi connectivity index (χ1n) is 6.78. The molecule has 0 N–H and O–H groups in total. The number of pyridine rings is 1. The molecule has 1 fully saturated rings. The molecule has 0 bridgehead atoms. The van der Waals surface area contributed by atoms with Crippen LogP contribution in [0.15, 0.2) is 12.3 Å². The zero-order valence-corrected chi connectivity index (χ0v) is 13.7. The maximum Gasteiger partial charge on any atom is 0.340 e. The number of carbonyl (C=O) groups excluding carboxylic acids is 2. The van der Waals surface area contributed by atoms with Crippen LogP contribution in [0.3, 0.4) is 0 Å². The highest BCUT2D eigenvalue weighted by molar-refractivity contribution is 6.41. The lowest BCUT2D eigenvalue weighted by molar-refractivity contribution is -0.146. The van der Waals surface area contributed by atoms with Gasteiger partial charge in [-0.2, -0.15) is 0 Å². The second-order valence-electron chi connectivity index (χ2n) is 5.13. The van der Waals surface area contributed by atoms with Crippen molar-refractivity contribution in [2.45, 2.75) is 26.1 Å². The summed E-state index contributed by atoms with van der Waals surface area (Å²) in [7, 11) is 0. The summed E-state index contributed by atoms with van der Waals surface area (Å²) < 4.78 is 10.5. The fourth-order valence-corrected chi connectivity index (χ4v) is 2.49. The molecule has 0 spiro atoms. The van der Waals surface area contributed by atoms with Crippen molar-refractivity contribution in [2.75, 3.05) is 19.7 Å². The SMILES string of the molecule is C[C@@H]1CN(C(=O)COC(=O)c2cnc(Cl)c(Cl)c2)C[C@@H](C)O1. The summed E-state index contributed by atoms with van der Waals surface area (Å²) in [5, 5.41) is 0.254. The molecule has 1 aromatic heterocycles. The highest BCUT2D eigenvalue weighted by atomic mass is 35.5. The molecule has 0 aliphatic carbocycles. The van der Waals surface area contributed by atoms with E-state index in [1.165, 1.54) is 12.3 Å². The second-order valence-corrected chi connectivity index (χ2v) is 5.89. The van der Waals surface area contributed by atoms with Gasteiger partial charge in [0.15, 0.2) is 6.61 Å². The molecule has 120 valence electrons. The third-order valence-electron chi connectivity index (χ3n) is 3.13. The molecule has 22 heavy (non-hydrogen) atoms. The van der Waals surface area contributed by atoms with Crippen LogP contribution in [0.4, 0.5) is 0 Å². The number of rotatable bonds is 3. The molecule has 2 heterocycles. The zero-order chi connectivity index (χ0) is 16.3. The molecular weight excluding hydrogens is 331 g/mol. The van der Waals surface area contributed by atoms with Crippen molar-refractivity contribution in [3.05, 3.63) is 28.0 Å². The molecule has 2 rings (SSSR count). The van der Waals surface area contributed by atoms with Crippen LogP contribution in [0.25, 0.3) is 0 Å². The Morgan fingerprint density at radius 3 is 2.59 bits per heavy atom. The van der Waals surface area contributed by atoms with Crippen molar-refractivity contribution in [1.29, 1.82) is 0 Å². The standard InChI is InChI=1S/C14H16Cl2N2O4/c1-8-5-18(6-9(2)22-8)12(19)7-21-14(20)10-3-11(15)13(16)17-4-10/h3-4,8-9H,5-7H2,1-2H3/t8-,9-/m1/s1. The van der Waals surface area contributed by atoms with Crippen LogP contribution in [0, 0.1) is 0 Å². The van der Waals surface area contributed by atoms with Crippen molar-refractivity contribution >= 4 is 35.1 Å². The smallest absolute Gasteiger partial charge is 0.340 e. The van der Waals surface area contributed by atoms with Crippen LogP contribution >= 0.6 is 23.2 Å². The first kappa shape index (κ1) is 17.0. The summed E-state index contributed by atoms with van der Waals surface area (Å²) >= 11 is 11.5. The minimum absolute atomic E-state index is 0.0392. The number of hydrogen-bond donors (Lipinski definition) is 0. The maximum absolute atomic E-state index is 12.1. The Morgan fingerprint density at radius 2 is 2.00 bits per heavy atom. The number of amides is 1. The normalized spacial score (nSPS) is 21.5. The van der Waals surface area contributed by atoms with Crippen LogP contribution < -0.4 is 0 Å². The lowest BCUT2D eigenvalue weighted by Crippen LogP contribution is -2.49. The lowest BCUT2D eigenvalue weighted by atomic mass is 10.2. The molecule has 1 amide bonds. The summed E-state index contributed by atoms with van der Waals surface area (Å²) in [4.78, 5) is 29.3. The maximum atomic E-state index is 12.1. The number of ether oxygens (including phenoxy) is 2. The minimum Gasteiger partial charge on any atom is -0.452 e. The van der Waals surface area contributed by atoms with E-state index in [1.807, 2.05) is 13.8 Å². The molecule has 1 saturated heterocycles. The van der Waals surface area contributed by atoms with Gasteiger partial charge in [0.25, 0.3) is 5.91 Å². The van der Waals surface area contributed by atoms with E-state index < -0.39 is 5.97 Å². The van der Waals surface area contributed by atoms with Gasteiger partial charge < -0.3 is 14.4 Å². The predicted molar refractivity (Wildman–Crippen MR) is 81.1 cm³/mol. The van der Waals surface area contributed by atoms with Crippen LogP contribution in [0.2, 0.25) is 10.2 Å². The highest BCUT2D eigenvalue weighted by Gasteiger charge is 2.26. The van der Waals surface area contributed by atoms with Gasteiger partial charge >= 0.3 is 5.97 Å². The molecule has 0 aromatic carbocycles. The van der Waals surface area contributed by atoms with Gasteiger partial charge in [-0.15, -0.1) is 0 Å². The van der Waals surface area contributed by atoms with Crippen molar-refractivity contribution < 1.29 is 19.1 Å². The van der Waals surface area contributed by atoms with Crippen LogP contribution in [-0.2, 0) is 14.3 Å². The second kappa shape index (κ2) is 7.26. The fraction of sp³-hybridized carbons (Fsp3) is 0.500. The van der Waals surface area contributed by atoms with Gasteiger partial charge in [0.05, 0.1) is 22.8 Å². The summed E-state index contributed by atoms with van der Waals surface area (Å²) in [6, 6.07) is 1.35. The molecule has 0 unspecified atom stereocenters. The Bertz CT molecular complexity index is 572. The number of halogens is 2. The van der Waals surface area contributed by atoms with Crippen molar-refractivity contribution in [3.8, 4) is 0 Å². The first-order chi connectivity index (χ1) is 10.4. The van der Waals surface area contributed by atoms with E-state index in [4.69, 9.17) is 32.7 Å². The van der Waals surface area contributed by atoms with Gasteiger partial charge in [0.1, 0.15) is 5.15 Å². The largest absolute Gasteiger partial charge is 0.452 e. The number of carbonyl (C=O) groups is 2. The van der Waals surface area contributed by atoms with Crippen LogP contribution in [-0.4, -0.2) is 53.7 Å². The topological polar surface area (TPSA) is 68.7 Å². The molecule has 1 aromatic rings. The third kappa shape index (κ3) is 4.32. The number of morpholine rings is 1.